The van der Waals surface area contributed by atoms with Crippen LogP contribution in [-0.2, 0) is 0 Å². The van der Waals surface area contributed by atoms with Crippen LogP contribution in [0.2, 0.25) is 0 Å². The fraction of sp³-hybridized carbons (Fsp3) is 0.300. The van der Waals surface area contributed by atoms with E-state index < -0.39 is 0 Å². The summed E-state index contributed by atoms with van der Waals surface area (Å²) in [7, 11) is 0. The maximum atomic E-state index is 3.30. The summed E-state index contributed by atoms with van der Waals surface area (Å²) in [5.74, 6) is 7.94. The number of thioether (sulfide) groups is 1. The van der Waals surface area contributed by atoms with Gasteiger partial charge in [0.15, 0.2) is 0 Å². The van der Waals surface area contributed by atoms with Gasteiger partial charge in [-0.25, -0.2) is 0 Å². The van der Waals surface area contributed by atoms with Gasteiger partial charge in [0.2, 0.25) is 0 Å². The molecule has 0 amide bonds. The summed E-state index contributed by atoms with van der Waals surface area (Å²) in [6, 6.07) is 8.63. The minimum atomic E-state index is 0.369. The first-order chi connectivity index (χ1) is 10.3. The van der Waals surface area contributed by atoms with Crippen LogP contribution in [0.1, 0.15) is 32.3 Å². The highest BCUT2D eigenvalue weighted by Gasteiger charge is 2.03. The number of hydrogen-bond donors (Lipinski definition) is 0. The van der Waals surface area contributed by atoms with E-state index in [9.17, 15) is 0 Å². The van der Waals surface area contributed by atoms with Gasteiger partial charge in [-0.2, -0.15) is 0 Å². The molecular weight excluding hydrogens is 272 g/mol. The Morgan fingerprint density at radius 2 is 2.05 bits per heavy atom. The lowest BCUT2D eigenvalue weighted by atomic mass is 9.96. The van der Waals surface area contributed by atoms with E-state index in [4.69, 9.17) is 0 Å². The lowest BCUT2D eigenvalue weighted by Crippen LogP contribution is -1.95. The molecule has 0 aliphatic heterocycles. The zero-order valence-corrected chi connectivity index (χ0v) is 13.6. The third-order valence-electron chi connectivity index (χ3n) is 3.40. The zero-order valence-electron chi connectivity index (χ0n) is 12.8. The predicted molar refractivity (Wildman–Crippen MR) is 95.3 cm³/mol. The Hall–Kier alpha value is -1.65. The molecule has 1 unspecified atom stereocenters. The monoisotopic (exact) mass is 294 g/mol. The molecule has 1 aromatic rings. The maximum absolute atomic E-state index is 3.30. The Labute approximate surface area is 133 Å². The number of hydrogen-bond acceptors (Lipinski definition) is 1. The van der Waals surface area contributed by atoms with Gasteiger partial charge in [-0.3, -0.25) is 0 Å². The maximum Gasteiger partial charge on any atom is 0.0423 e. The second kappa shape index (κ2) is 8.60. The summed E-state index contributed by atoms with van der Waals surface area (Å²) in [6.45, 7) is 4.36. The van der Waals surface area contributed by atoms with Crippen LogP contribution in [0.25, 0.3) is 6.08 Å². The van der Waals surface area contributed by atoms with Crippen LogP contribution in [0, 0.1) is 17.8 Å². The molecule has 0 fully saturated rings. The molecule has 0 bridgehead atoms. The topological polar surface area (TPSA) is 0 Å². The van der Waals surface area contributed by atoms with Gasteiger partial charge in [-0.1, -0.05) is 61.6 Å². The van der Waals surface area contributed by atoms with E-state index in [1.54, 1.807) is 0 Å². The van der Waals surface area contributed by atoms with Crippen LogP contribution in [0.4, 0.5) is 0 Å². The van der Waals surface area contributed by atoms with Crippen LogP contribution in [-0.4, -0.2) is 5.75 Å². The van der Waals surface area contributed by atoms with Gasteiger partial charge in [0.05, 0.1) is 0 Å². The number of benzene rings is 1. The molecule has 0 radical (unpaired) electrons. The Morgan fingerprint density at radius 3 is 2.67 bits per heavy atom. The van der Waals surface area contributed by atoms with E-state index in [2.05, 4.69) is 74.3 Å². The van der Waals surface area contributed by atoms with Gasteiger partial charge < -0.3 is 0 Å². The molecule has 2 rings (SSSR count). The fourth-order valence-electron chi connectivity index (χ4n) is 2.17. The zero-order chi connectivity index (χ0) is 14.9. The first-order valence-corrected chi connectivity index (χ1v) is 8.58. The molecule has 1 aromatic carbocycles. The highest BCUT2D eigenvalue weighted by molar-refractivity contribution is 7.99. The van der Waals surface area contributed by atoms with Gasteiger partial charge in [0, 0.05) is 10.8 Å². The van der Waals surface area contributed by atoms with Gasteiger partial charge in [0.25, 0.3) is 0 Å². The van der Waals surface area contributed by atoms with Crippen molar-refractivity contribution in [1.29, 1.82) is 0 Å². The number of rotatable bonds is 4. The van der Waals surface area contributed by atoms with Crippen molar-refractivity contribution < 1.29 is 0 Å². The van der Waals surface area contributed by atoms with E-state index in [-0.39, 0.29) is 0 Å². The Morgan fingerprint density at radius 1 is 1.24 bits per heavy atom. The lowest BCUT2D eigenvalue weighted by Gasteiger charge is -2.08. The molecule has 0 aromatic heterocycles. The molecule has 0 nitrogen and oxygen atoms in total. The Balaban J connectivity index is 1.87. The van der Waals surface area contributed by atoms with E-state index >= 15 is 0 Å². The molecule has 21 heavy (non-hydrogen) atoms. The van der Waals surface area contributed by atoms with Gasteiger partial charge in [-0.15, -0.1) is 11.8 Å². The second-order valence-electron chi connectivity index (χ2n) is 4.96. The summed E-state index contributed by atoms with van der Waals surface area (Å²) in [4.78, 5) is 1.33. The highest BCUT2D eigenvalue weighted by Crippen LogP contribution is 2.19. The first kappa shape index (κ1) is 15.7. The van der Waals surface area contributed by atoms with Crippen LogP contribution < -0.4 is 0 Å². The quantitative estimate of drug-likeness (QED) is 0.505. The molecule has 0 saturated heterocycles. The van der Waals surface area contributed by atoms with Crippen molar-refractivity contribution in [1.82, 2.24) is 0 Å². The van der Waals surface area contributed by atoms with E-state index in [1.165, 1.54) is 16.0 Å². The largest absolute Gasteiger partial charge is 0.126 e. The minimum Gasteiger partial charge on any atom is -0.126 e. The van der Waals surface area contributed by atoms with Gasteiger partial charge in [-0.05, 0) is 48.4 Å². The standard InChI is InChI=1S/C20H22S/c1-3-17-9-11-18(12-10-17)7-5-6-8-19-13-15-20(16-14-19)21-4-2/h6,8-11,13-16,18H,3-4,12H2,1-2H3/b8-6+. The third kappa shape index (κ3) is 5.33. The van der Waals surface area contributed by atoms with Crippen molar-refractivity contribution in [3.63, 3.8) is 0 Å². The molecule has 1 heteroatoms. The highest BCUT2D eigenvalue weighted by atomic mass is 32.2. The molecule has 1 aliphatic carbocycles. The Kier molecular flexibility index (Phi) is 6.44. The summed E-state index contributed by atoms with van der Waals surface area (Å²) in [5, 5.41) is 0. The summed E-state index contributed by atoms with van der Waals surface area (Å²) >= 11 is 1.87. The van der Waals surface area contributed by atoms with Crippen molar-refractivity contribution in [2.45, 2.75) is 31.6 Å². The Bertz CT molecular complexity index is 591. The van der Waals surface area contributed by atoms with Crippen LogP contribution >= 0.6 is 11.8 Å². The summed E-state index contributed by atoms with van der Waals surface area (Å²) in [6.07, 6.45) is 12.9. The average molecular weight is 294 g/mol. The summed E-state index contributed by atoms with van der Waals surface area (Å²) in [5.41, 5.74) is 2.63. The number of allylic oxidation sites excluding steroid dienone is 5. The average Bonchev–Trinajstić information content (AvgIpc) is 2.54. The predicted octanol–water partition coefficient (Wildman–Crippen LogP) is 5.73. The van der Waals surface area contributed by atoms with Crippen molar-refractivity contribution in [3.05, 3.63) is 59.7 Å². The van der Waals surface area contributed by atoms with Crippen LogP contribution in [0.15, 0.2) is 59.0 Å². The summed E-state index contributed by atoms with van der Waals surface area (Å²) < 4.78 is 0. The molecule has 108 valence electrons. The molecule has 1 aliphatic rings. The normalized spacial score (nSPS) is 17.4. The second-order valence-corrected chi connectivity index (χ2v) is 6.30. The van der Waals surface area contributed by atoms with E-state index in [0.717, 1.165) is 18.6 Å². The van der Waals surface area contributed by atoms with Gasteiger partial charge >= 0.3 is 0 Å². The van der Waals surface area contributed by atoms with Gasteiger partial charge in [0.1, 0.15) is 0 Å². The van der Waals surface area contributed by atoms with Crippen LogP contribution in [0.5, 0.6) is 0 Å². The molecule has 0 saturated carbocycles. The van der Waals surface area contributed by atoms with Crippen LogP contribution in [0.3, 0.4) is 0 Å². The molecular formula is C20H22S. The first-order valence-electron chi connectivity index (χ1n) is 7.59. The van der Waals surface area contributed by atoms with Crippen molar-refractivity contribution in [2.24, 2.45) is 5.92 Å². The van der Waals surface area contributed by atoms with Crippen molar-refractivity contribution >= 4 is 17.8 Å². The lowest BCUT2D eigenvalue weighted by molar-refractivity contribution is 0.834. The molecule has 1 atom stereocenters. The van der Waals surface area contributed by atoms with E-state index in [0.29, 0.717) is 5.92 Å². The molecule has 0 spiro atoms. The van der Waals surface area contributed by atoms with Crippen molar-refractivity contribution in [3.8, 4) is 11.8 Å². The third-order valence-corrected chi connectivity index (χ3v) is 4.30. The SMILES string of the molecule is CCSc1ccc(/C=C/C#CC2C=CC(CC)=CC2)cc1. The molecule has 0 N–H and O–H groups in total. The minimum absolute atomic E-state index is 0.369. The van der Waals surface area contributed by atoms with E-state index in [1.807, 2.05) is 17.8 Å². The molecule has 0 heterocycles. The fourth-order valence-corrected chi connectivity index (χ4v) is 2.83. The van der Waals surface area contributed by atoms with Crippen molar-refractivity contribution in [2.75, 3.05) is 5.75 Å². The smallest absolute Gasteiger partial charge is 0.0423 e.